The van der Waals surface area contributed by atoms with Gasteiger partial charge >= 0.3 is 0 Å². The number of imidazole rings is 1. The molecule has 1 unspecified atom stereocenters. The summed E-state index contributed by atoms with van der Waals surface area (Å²) >= 11 is 5.77. The second-order valence-corrected chi connectivity index (χ2v) is 5.35. The van der Waals surface area contributed by atoms with Gasteiger partial charge in [0, 0.05) is 25.0 Å². The molecule has 0 amide bonds. The highest BCUT2D eigenvalue weighted by molar-refractivity contribution is 6.17. The third kappa shape index (κ3) is 2.52. The Labute approximate surface area is 120 Å². The number of hydrogen-bond donors (Lipinski definition) is 0. The molecular formula is C14H15ClF2N2O. The van der Waals surface area contributed by atoms with Gasteiger partial charge in [-0.3, -0.25) is 0 Å². The van der Waals surface area contributed by atoms with Gasteiger partial charge in [0.2, 0.25) is 0 Å². The zero-order chi connectivity index (χ0) is 14.1. The fraction of sp³-hybridized carbons (Fsp3) is 0.500. The molecule has 1 aliphatic heterocycles. The highest BCUT2D eigenvalue weighted by Crippen LogP contribution is 2.24. The zero-order valence-corrected chi connectivity index (χ0v) is 11.7. The molecule has 0 spiro atoms. The van der Waals surface area contributed by atoms with E-state index < -0.39 is 11.6 Å². The Morgan fingerprint density at radius 3 is 2.95 bits per heavy atom. The summed E-state index contributed by atoms with van der Waals surface area (Å²) in [6, 6.07) is 2.17. The van der Waals surface area contributed by atoms with Gasteiger partial charge in [-0.05, 0) is 18.9 Å². The standard InChI is InChI=1S/C14H15ClF2N2O/c15-4-3-13-18-14-11(17)6-9(16)7-12(14)19(13)8-10-2-1-5-20-10/h6-7,10H,1-5,8H2. The summed E-state index contributed by atoms with van der Waals surface area (Å²) in [5, 5.41) is 0. The molecule has 0 bridgehead atoms. The lowest BCUT2D eigenvalue weighted by molar-refractivity contribution is 0.0972. The van der Waals surface area contributed by atoms with Crippen molar-refractivity contribution in [1.82, 2.24) is 9.55 Å². The van der Waals surface area contributed by atoms with Gasteiger partial charge in [-0.25, -0.2) is 13.8 Å². The molecule has 0 aliphatic carbocycles. The number of benzene rings is 1. The first-order chi connectivity index (χ1) is 9.69. The molecule has 1 aliphatic rings. The number of halogens is 3. The van der Waals surface area contributed by atoms with Crippen LogP contribution < -0.4 is 0 Å². The van der Waals surface area contributed by atoms with Crippen LogP contribution in [-0.2, 0) is 17.7 Å². The molecule has 1 atom stereocenters. The van der Waals surface area contributed by atoms with E-state index in [0.29, 0.717) is 30.2 Å². The Morgan fingerprint density at radius 1 is 1.40 bits per heavy atom. The number of nitrogens with zero attached hydrogens (tertiary/aromatic N) is 2. The lowest BCUT2D eigenvalue weighted by atomic mass is 10.2. The van der Waals surface area contributed by atoms with E-state index >= 15 is 0 Å². The Bertz CT molecular complexity index is 623. The van der Waals surface area contributed by atoms with E-state index in [1.807, 2.05) is 4.57 Å². The van der Waals surface area contributed by atoms with Crippen LogP contribution in [0.25, 0.3) is 11.0 Å². The van der Waals surface area contributed by atoms with Crippen molar-refractivity contribution in [2.24, 2.45) is 0 Å². The van der Waals surface area contributed by atoms with Gasteiger partial charge in [0.1, 0.15) is 17.2 Å². The molecular weight excluding hydrogens is 286 g/mol. The molecule has 108 valence electrons. The number of rotatable bonds is 4. The van der Waals surface area contributed by atoms with Crippen LogP contribution in [0.3, 0.4) is 0 Å². The second-order valence-electron chi connectivity index (χ2n) is 4.97. The number of alkyl halides is 1. The Kier molecular flexibility index (Phi) is 3.89. The monoisotopic (exact) mass is 300 g/mol. The minimum Gasteiger partial charge on any atom is -0.376 e. The van der Waals surface area contributed by atoms with Gasteiger partial charge in [-0.1, -0.05) is 0 Å². The molecule has 1 aromatic heterocycles. The van der Waals surface area contributed by atoms with Gasteiger partial charge in [0.05, 0.1) is 18.2 Å². The molecule has 2 heterocycles. The maximum Gasteiger partial charge on any atom is 0.153 e. The van der Waals surface area contributed by atoms with Crippen LogP contribution in [0.1, 0.15) is 18.7 Å². The van der Waals surface area contributed by atoms with Crippen molar-refractivity contribution < 1.29 is 13.5 Å². The molecule has 6 heteroatoms. The Balaban J connectivity index is 2.07. The van der Waals surface area contributed by atoms with Crippen molar-refractivity contribution in [3.63, 3.8) is 0 Å². The highest BCUT2D eigenvalue weighted by atomic mass is 35.5. The quantitative estimate of drug-likeness (QED) is 0.810. The topological polar surface area (TPSA) is 27.1 Å². The van der Waals surface area contributed by atoms with E-state index in [0.717, 1.165) is 25.5 Å². The summed E-state index contributed by atoms with van der Waals surface area (Å²) < 4.78 is 34.7. The van der Waals surface area contributed by atoms with Crippen molar-refractivity contribution in [3.8, 4) is 0 Å². The average Bonchev–Trinajstić information content (AvgIpc) is 3.01. The molecule has 3 nitrogen and oxygen atoms in total. The average molecular weight is 301 g/mol. The highest BCUT2D eigenvalue weighted by Gasteiger charge is 2.21. The fourth-order valence-electron chi connectivity index (χ4n) is 2.67. The normalized spacial score (nSPS) is 19.1. The maximum absolute atomic E-state index is 13.8. The molecule has 1 aromatic carbocycles. The SMILES string of the molecule is Fc1cc(F)c2nc(CCCl)n(CC3CCCO3)c2c1. The van der Waals surface area contributed by atoms with Gasteiger partial charge in [-0.15, -0.1) is 11.6 Å². The smallest absolute Gasteiger partial charge is 0.153 e. The Hall–Kier alpha value is -1.20. The minimum absolute atomic E-state index is 0.0767. The van der Waals surface area contributed by atoms with E-state index in [1.165, 1.54) is 6.07 Å². The minimum atomic E-state index is -0.637. The van der Waals surface area contributed by atoms with Crippen LogP contribution in [0.4, 0.5) is 8.78 Å². The van der Waals surface area contributed by atoms with Gasteiger partial charge < -0.3 is 9.30 Å². The summed E-state index contributed by atoms with van der Waals surface area (Å²) in [7, 11) is 0. The molecule has 2 aromatic rings. The van der Waals surface area contributed by atoms with E-state index in [1.54, 1.807) is 0 Å². The summed E-state index contributed by atoms with van der Waals surface area (Å²) in [6.45, 7) is 1.30. The van der Waals surface area contributed by atoms with E-state index in [-0.39, 0.29) is 11.6 Å². The molecule has 0 radical (unpaired) electrons. The largest absolute Gasteiger partial charge is 0.376 e. The van der Waals surface area contributed by atoms with Crippen LogP contribution in [0.2, 0.25) is 0 Å². The van der Waals surface area contributed by atoms with Gasteiger partial charge in [0.15, 0.2) is 5.82 Å². The molecule has 0 saturated carbocycles. The lowest BCUT2D eigenvalue weighted by Gasteiger charge is -2.13. The third-order valence-corrected chi connectivity index (χ3v) is 3.77. The molecule has 1 fully saturated rings. The summed E-state index contributed by atoms with van der Waals surface area (Å²) in [4.78, 5) is 4.27. The number of aryl methyl sites for hydroxylation is 1. The summed E-state index contributed by atoms with van der Waals surface area (Å²) in [6.07, 6.45) is 2.57. The number of hydrogen-bond acceptors (Lipinski definition) is 2. The van der Waals surface area contributed by atoms with Gasteiger partial charge in [0.25, 0.3) is 0 Å². The first-order valence-corrected chi connectivity index (χ1v) is 7.24. The molecule has 20 heavy (non-hydrogen) atoms. The van der Waals surface area contributed by atoms with Crippen LogP contribution in [0.5, 0.6) is 0 Å². The van der Waals surface area contributed by atoms with Gasteiger partial charge in [-0.2, -0.15) is 0 Å². The third-order valence-electron chi connectivity index (χ3n) is 3.58. The maximum atomic E-state index is 13.8. The van der Waals surface area contributed by atoms with Crippen molar-refractivity contribution in [1.29, 1.82) is 0 Å². The van der Waals surface area contributed by atoms with Crippen molar-refractivity contribution in [3.05, 3.63) is 29.6 Å². The van der Waals surface area contributed by atoms with Crippen LogP contribution in [-0.4, -0.2) is 28.1 Å². The predicted octanol–water partition coefficient (Wildman–Crippen LogP) is 3.27. The van der Waals surface area contributed by atoms with Crippen LogP contribution in [0, 0.1) is 11.6 Å². The Morgan fingerprint density at radius 2 is 2.25 bits per heavy atom. The van der Waals surface area contributed by atoms with Crippen LogP contribution in [0.15, 0.2) is 12.1 Å². The number of aromatic nitrogens is 2. The first kappa shape index (κ1) is 13.8. The predicted molar refractivity (Wildman–Crippen MR) is 73.0 cm³/mol. The number of ether oxygens (including phenoxy) is 1. The first-order valence-electron chi connectivity index (χ1n) is 6.71. The van der Waals surface area contributed by atoms with Crippen molar-refractivity contribution in [2.75, 3.05) is 12.5 Å². The van der Waals surface area contributed by atoms with Crippen molar-refractivity contribution >= 4 is 22.6 Å². The second kappa shape index (κ2) is 5.66. The fourth-order valence-corrected chi connectivity index (χ4v) is 2.84. The van der Waals surface area contributed by atoms with Crippen molar-refractivity contribution in [2.45, 2.75) is 31.9 Å². The molecule has 0 N–H and O–H groups in total. The number of fused-ring (bicyclic) bond motifs is 1. The van der Waals surface area contributed by atoms with E-state index in [4.69, 9.17) is 16.3 Å². The summed E-state index contributed by atoms with van der Waals surface area (Å²) in [5.74, 6) is -0.170. The zero-order valence-electron chi connectivity index (χ0n) is 10.9. The lowest BCUT2D eigenvalue weighted by Crippen LogP contribution is -2.17. The molecule has 3 rings (SSSR count). The summed E-state index contributed by atoms with van der Waals surface area (Å²) in [5.41, 5.74) is 0.669. The van der Waals surface area contributed by atoms with Crippen LogP contribution >= 0.6 is 11.6 Å². The van der Waals surface area contributed by atoms with E-state index in [9.17, 15) is 8.78 Å². The molecule has 1 saturated heterocycles. The van der Waals surface area contributed by atoms with E-state index in [2.05, 4.69) is 4.98 Å².